The molecule has 37 heavy (non-hydrogen) atoms. The number of hydrogen-bond acceptors (Lipinski definition) is 7. The summed E-state index contributed by atoms with van der Waals surface area (Å²) in [7, 11) is 0. The molecule has 3 aromatic carbocycles. The molecule has 2 aromatic heterocycles. The van der Waals surface area contributed by atoms with Crippen molar-refractivity contribution in [2.75, 3.05) is 18.1 Å². The van der Waals surface area contributed by atoms with E-state index in [1.807, 2.05) is 49.4 Å². The van der Waals surface area contributed by atoms with Gasteiger partial charge in [0.05, 0.1) is 33.8 Å². The molecule has 0 unspecified atom stereocenters. The van der Waals surface area contributed by atoms with Crippen molar-refractivity contribution >= 4 is 43.6 Å². The van der Waals surface area contributed by atoms with Crippen LogP contribution in [0.25, 0.3) is 21.2 Å². The van der Waals surface area contributed by atoms with Crippen molar-refractivity contribution in [2.24, 2.45) is 0 Å². The lowest BCUT2D eigenvalue weighted by atomic mass is 9.98. The van der Waals surface area contributed by atoms with E-state index in [1.165, 1.54) is 11.3 Å². The molecule has 0 radical (unpaired) electrons. The number of ether oxygens (including phenoxy) is 2. The Morgan fingerprint density at radius 1 is 1.05 bits per heavy atom. The molecule has 1 amide bonds. The van der Waals surface area contributed by atoms with Gasteiger partial charge in [-0.3, -0.25) is 14.5 Å². The molecular weight excluding hydrogens is 488 g/mol. The molecule has 0 spiro atoms. The number of hydrogen-bond donors (Lipinski definition) is 0. The maximum atomic E-state index is 13.8. The maximum Gasteiger partial charge on any atom is 0.297 e. The van der Waals surface area contributed by atoms with Gasteiger partial charge in [0.1, 0.15) is 23.7 Å². The molecule has 1 atom stereocenters. The third-order valence-electron chi connectivity index (χ3n) is 6.21. The molecular formula is C29H22N2O5S. The van der Waals surface area contributed by atoms with Crippen LogP contribution < -0.4 is 19.8 Å². The lowest BCUT2D eigenvalue weighted by molar-refractivity contribution is 0.0971. The fourth-order valence-corrected chi connectivity index (χ4v) is 5.61. The highest BCUT2D eigenvalue weighted by atomic mass is 32.1. The first-order valence-electron chi connectivity index (χ1n) is 11.9. The summed E-state index contributed by atoms with van der Waals surface area (Å²) in [5.74, 6) is 1.03. The number of nitrogens with zero attached hydrogens (tertiary/aromatic N) is 2. The van der Waals surface area contributed by atoms with Crippen molar-refractivity contribution in [1.29, 1.82) is 0 Å². The predicted octanol–water partition coefficient (Wildman–Crippen LogP) is 6.12. The highest BCUT2D eigenvalue weighted by Gasteiger charge is 2.45. The van der Waals surface area contributed by atoms with E-state index in [2.05, 4.69) is 6.58 Å². The van der Waals surface area contributed by atoms with Crippen LogP contribution in [-0.4, -0.2) is 24.1 Å². The summed E-state index contributed by atoms with van der Waals surface area (Å²) in [6.45, 7) is 6.52. The van der Waals surface area contributed by atoms with E-state index in [0.29, 0.717) is 40.6 Å². The van der Waals surface area contributed by atoms with Crippen LogP contribution in [0.15, 0.2) is 88.6 Å². The fraction of sp³-hybridized carbons (Fsp3) is 0.138. The van der Waals surface area contributed by atoms with Crippen LogP contribution in [0, 0.1) is 0 Å². The number of carbonyl (C=O) groups is 1. The third-order valence-corrected chi connectivity index (χ3v) is 7.22. The second-order valence-corrected chi connectivity index (χ2v) is 9.48. The summed E-state index contributed by atoms with van der Waals surface area (Å²) >= 11 is 1.37. The number of thiazole rings is 1. The van der Waals surface area contributed by atoms with E-state index in [4.69, 9.17) is 18.9 Å². The van der Waals surface area contributed by atoms with Gasteiger partial charge < -0.3 is 13.9 Å². The highest BCUT2D eigenvalue weighted by Crippen LogP contribution is 2.44. The van der Waals surface area contributed by atoms with Crippen LogP contribution in [0.4, 0.5) is 5.13 Å². The Labute approximate surface area is 216 Å². The van der Waals surface area contributed by atoms with Gasteiger partial charge in [0.25, 0.3) is 5.91 Å². The van der Waals surface area contributed by atoms with Gasteiger partial charge in [0.2, 0.25) is 5.76 Å². The number of carbonyl (C=O) groups excluding carboxylic acids is 1. The van der Waals surface area contributed by atoms with Crippen molar-refractivity contribution in [3.05, 3.63) is 106 Å². The Morgan fingerprint density at radius 3 is 2.62 bits per heavy atom. The van der Waals surface area contributed by atoms with Crippen LogP contribution in [0.1, 0.15) is 34.6 Å². The second-order valence-electron chi connectivity index (χ2n) is 8.48. The molecule has 3 heterocycles. The zero-order valence-corrected chi connectivity index (χ0v) is 20.8. The average molecular weight is 511 g/mol. The Hall–Kier alpha value is -4.43. The molecule has 1 aliphatic rings. The lowest BCUT2D eigenvalue weighted by Gasteiger charge is -2.22. The molecule has 1 aliphatic heterocycles. The normalized spacial score (nSPS) is 14.8. The zero-order chi connectivity index (χ0) is 25.5. The summed E-state index contributed by atoms with van der Waals surface area (Å²) < 4.78 is 18.2. The average Bonchev–Trinajstić information content (AvgIpc) is 3.46. The van der Waals surface area contributed by atoms with E-state index < -0.39 is 11.9 Å². The third kappa shape index (κ3) is 3.86. The molecule has 8 heteroatoms. The molecule has 0 bridgehead atoms. The summed E-state index contributed by atoms with van der Waals surface area (Å²) in [5.41, 5.74) is 1.93. The number of fused-ring (bicyclic) bond motifs is 3. The van der Waals surface area contributed by atoms with Crippen molar-refractivity contribution in [1.82, 2.24) is 4.98 Å². The lowest BCUT2D eigenvalue weighted by Crippen LogP contribution is -2.29. The molecule has 184 valence electrons. The fourth-order valence-electron chi connectivity index (χ4n) is 4.59. The molecule has 0 saturated heterocycles. The smallest absolute Gasteiger partial charge is 0.297 e. The summed E-state index contributed by atoms with van der Waals surface area (Å²) in [6, 6.07) is 19.2. The molecule has 0 N–H and O–H groups in total. The largest absolute Gasteiger partial charge is 0.494 e. The van der Waals surface area contributed by atoms with E-state index >= 15 is 0 Å². The zero-order valence-electron chi connectivity index (χ0n) is 20.0. The Morgan fingerprint density at radius 2 is 1.84 bits per heavy atom. The molecule has 5 aromatic rings. The minimum atomic E-state index is -0.705. The summed E-state index contributed by atoms with van der Waals surface area (Å²) in [5, 5.41) is 0.901. The van der Waals surface area contributed by atoms with E-state index in [1.54, 1.807) is 35.2 Å². The first-order chi connectivity index (χ1) is 18.1. The molecule has 0 aliphatic carbocycles. The van der Waals surface area contributed by atoms with E-state index in [0.717, 1.165) is 21.5 Å². The van der Waals surface area contributed by atoms with Gasteiger partial charge in [0.15, 0.2) is 10.6 Å². The quantitative estimate of drug-likeness (QED) is 0.246. The van der Waals surface area contributed by atoms with Gasteiger partial charge in [-0.25, -0.2) is 4.98 Å². The van der Waals surface area contributed by atoms with Crippen LogP contribution in [0.3, 0.4) is 0 Å². The van der Waals surface area contributed by atoms with Crippen molar-refractivity contribution < 1.29 is 18.7 Å². The van der Waals surface area contributed by atoms with Gasteiger partial charge >= 0.3 is 0 Å². The number of rotatable bonds is 7. The monoisotopic (exact) mass is 510 g/mol. The van der Waals surface area contributed by atoms with Crippen LogP contribution >= 0.6 is 11.3 Å². The molecule has 6 rings (SSSR count). The summed E-state index contributed by atoms with van der Waals surface area (Å²) in [4.78, 5) is 33.9. The Bertz CT molecular complexity index is 1720. The minimum absolute atomic E-state index is 0.0370. The van der Waals surface area contributed by atoms with Gasteiger partial charge in [-0.2, -0.15) is 0 Å². The Kier molecular flexibility index (Phi) is 5.73. The van der Waals surface area contributed by atoms with Crippen molar-refractivity contribution in [3.8, 4) is 11.5 Å². The van der Waals surface area contributed by atoms with Crippen LogP contribution in [-0.2, 0) is 0 Å². The van der Waals surface area contributed by atoms with Gasteiger partial charge in [-0.1, -0.05) is 48.3 Å². The highest BCUT2D eigenvalue weighted by molar-refractivity contribution is 7.22. The molecule has 0 saturated carbocycles. The standard InChI is InChI=1S/C29H22N2O5S/c1-3-15-35-18-11-9-17(10-12-18)25-24-26(32)20-7-5-6-8-22(20)36-27(24)28(33)31(25)29-30-21-14-13-19(34-4-2)16-23(21)37-29/h3,5-14,16,25H,1,4,15H2,2H3/t25-/m1/s1. The minimum Gasteiger partial charge on any atom is -0.494 e. The number of para-hydroxylation sites is 1. The molecule has 7 nitrogen and oxygen atoms in total. The van der Waals surface area contributed by atoms with E-state index in [9.17, 15) is 9.59 Å². The van der Waals surface area contributed by atoms with Crippen molar-refractivity contribution in [2.45, 2.75) is 13.0 Å². The maximum absolute atomic E-state index is 13.8. The van der Waals surface area contributed by atoms with Gasteiger partial charge in [-0.15, -0.1) is 0 Å². The van der Waals surface area contributed by atoms with Gasteiger partial charge in [-0.05, 0) is 55.0 Å². The van der Waals surface area contributed by atoms with Crippen LogP contribution in [0.2, 0.25) is 0 Å². The molecule has 0 fully saturated rings. The summed E-state index contributed by atoms with van der Waals surface area (Å²) in [6.07, 6.45) is 1.67. The number of aromatic nitrogens is 1. The van der Waals surface area contributed by atoms with Crippen molar-refractivity contribution in [3.63, 3.8) is 0 Å². The first-order valence-corrected chi connectivity index (χ1v) is 12.7. The van der Waals surface area contributed by atoms with Gasteiger partial charge in [0, 0.05) is 0 Å². The predicted molar refractivity (Wildman–Crippen MR) is 144 cm³/mol. The topological polar surface area (TPSA) is 81.9 Å². The van der Waals surface area contributed by atoms with E-state index in [-0.39, 0.29) is 11.2 Å². The first kappa shape index (κ1) is 23.0. The SMILES string of the molecule is C=CCOc1ccc([C@@H]2c3c(oc4ccccc4c3=O)C(=O)N2c2nc3ccc(OCC)cc3s2)cc1. The van der Waals surface area contributed by atoms with Crippen LogP contribution in [0.5, 0.6) is 11.5 Å². The second kappa shape index (κ2) is 9.22. The number of amides is 1. The number of benzene rings is 3. The Balaban J connectivity index is 1.53. The number of anilines is 1.